The average molecular weight is 238 g/mol. The largest absolute Gasteiger partial charge is 0.390 e. The Kier molecular flexibility index (Phi) is 2.30. The smallest absolute Gasteiger partial charge is 0.0923 e. The number of ether oxygens (including phenoxy) is 1. The molecule has 3 aliphatic rings. The van der Waals surface area contributed by atoms with E-state index in [2.05, 4.69) is 27.7 Å². The maximum absolute atomic E-state index is 10.7. The molecule has 2 aliphatic carbocycles. The van der Waals surface area contributed by atoms with Gasteiger partial charge in [-0.1, -0.05) is 20.3 Å². The van der Waals surface area contributed by atoms with Crippen molar-refractivity contribution in [2.75, 3.05) is 0 Å². The fraction of sp³-hybridized carbons (Fsp3) is 1.00. The van der Waals surface area contributed by atoms with Crippen LogP contribution in [0, 0.1) is 17.3 Å². The first kappa shape index (κ1) is 12.0. The summed E-state index contributed by atoms with van der Waals surface area (Å²) in [5.41, 5.74) is -0.0292. The Morgan fingerprint density at radius 1 is 1.06 bits per heavy atom. The van der Waals surface area contributed by atoms with Crippen LogP contribution in [-0.2, 0) is 4.74 Å². The molecule has 0 amide bonds. The Balaban J connectivity index is 1.97. The van der Waals surface area contributed by atoms with Gasteiger partial charge in [0.15, 0.2) is 0 Å². The van der Waals surface area contributed by atoms with Gasteiger partial charge >= 0.3 is 0 Å². The minimum Gasteiger partial charge on any atom is -0.390 e. The summed E-state index contributed by atoms with van der Waals surface area (Å²) in [6.45, 7) is 9.06. The molecule has 2 saturated carbocycles. The Hall–Kier alpha value is -0.0800. The zero-order valence-corrected chi connectivity index (χ0v) is 11.6. The molecule has 0 spiro atoms. The molecule has 2 heteroatoms. The van der Waals surface area contributed by atoms with Crippen molar-refractivity contribution in [3.63, 3.8) is 0 Å². The quantitative estimate of drug-likeness (QED) is 0.658. The summed E-state index contributed by atoms with van der Waals surface area (Å²) in [5, 5.41) is 10.7. The fourth-order valence-corrected chi connectivity index (χ4v) is 4.65. The van der Waals surface area contributed by atoms with Crippen LogP contribution in [0.15, 0.2) is 0 Å². The minimum atomic E-state index is -0.480. The molecule has 0 aromatic heterocycles. The lowest BCUT2D eigenvalue weighted by Crippen LogP contribution is -2.48. The third kappa shape index (κ3) is 1.67. The molecule has 3 fully saturated rings. The number of rotatable bonds is 0. The fourth-order valence-electron chi connectivity index (χ4n) is 4.65. The molecule has 1 saturated heterocycles. The minimum absolute atomic E-state index is 0.138. The van der Waals surface area contributed by atoms with Crippen molar-refractivity contribution in [2.45, 2.75) is 77.1 Å². The van der Waals surface area contributed by atoms with Gasteiger partial charge in [0.2, 0.25) is 0 Å². The Morgan fingerprint density at radius 2 is 1.76 bits per heavy atom. The Labute approximate surface area is 105 Å². The average Bonchev–Trinajstić information content (AvgIpc) is 2.86. The predicted octanol–water partition coefficient (Wildman–Crippen LogP) is 3.13. The molecular formula is C15H26O2. The molecule has 3 rings (SSSR count). The molecule has 0 radical (unpaired) electrons. The van der Waals surface area contributed by atoms with E-state index in [1.54, 1.807) is 0 Å². The molecular weight excluding hydrogens is 212 g/mol. The third-order valence-electron chi connectivity index (χ3n) is 5.86. The highest BCUT2D eigenvalue weighted by Gasteiger charge is 2.66. The van der Waals surface area contributed by atoms with Crippen molar-refractivity contribution in [3.05, 3.63) is 0 Å². The van der Waals surface area contributed by atoms with Gasteiger partial charge < -0.3 is 9.84 Å². The van der Waals surface area contributed by atoms with E-state index >= 15 is 0 Å². The zero-order valence-electron chi connectivity index (χ0n) is 11.6. The lowest BCUT2D eigenvalue weighted by Gasteiger charge is -2.45. The van der Waals surface area contributed by atoms with Gasteiger partial charge in [0.1, 0.15) is 0 Å². The van der Waals surface area contributed by atoms with Crippen LogP contribution >= 0.6 is 0 Å². The summed E-state index contributed by atoms with van der Waals surface area (Å²) in [6.07, 6.45) is 6.00. The molecule has 5 atom stereocenters. The summed E-state index contributed by atoms with van der Waals surface area (Å²) in [7, 11) is 0. The van der Waals surface area contributed by atoms with Crippen molar-refractivity contribution in [2.24, 2.45) is 17.3 Å². The predicted molar refractivity (Wildman–Crippen MR) is 67.7 cm³/mol. The van der Waals surface area contributed by atoms with Crippen LogP contribution in [0.4, 0.5) is 0 Å². The number of epoxide rings is 1. The summed E-state index contributed by atoms with van der Waals surface area (Å²) >= 11 is 0. The third-order valence-corrected chi connectivity index (χ3v) is 5.86. The van der Waals surface area contributed by atoms with Crippen molar-refractivity contribution >= 4 is 0 Å². The van der Waals surface area contributed by atoms with Gasteiger partial charge in [-0.15, -0.1) is 0 Å². The van der Waals surface area contributed by atoms with Gasteiger partial charge in [0, 0.05) is 0 Å². The van der Waals surface area contributed by atoms with E-state index in [9.17, 15) is 5.11 Å². The number of hydrogen-bond acceptors (Lipinski definition) is 2. The second-order valence-electron chi connectivity index (χ2n) is 7.72. The molecule has 1 heterocycles. The summed E-state index contributed by atoms with van der Waals surface area (Å²) < 4.78 is 6.01. The van der Waals surface area contributed by atoms with E-state index in [0.29, 0.717) is 23.4 Å². The van der Waals surface area contributed by atoms with Crippen molar-refractivity contribution in [1.82, 2.24) is 0 Å². The van der Waals surface area contributed by atoms with E-state index in [-0.39, 0.29) is 5.60 Å². The highest BCUT2D eigenvalue weighted by molar-refractivity contribution is 5.14. The van der Waals surface area contributed by atoms with Crippen molar-refractivity contribution in [1.29, 1.82) is 0 Å². The molecule has 1 N–H and O–H groups in total. The topological polar surface area (TPSA) is 32.8 Å². The second kappa shape index (κ2) is 3.27. The summed E-state index contributed by atoms with van der Waals surface area (Å²) in [6, 6.07) is 0. The maximum Gasteiger partial charge on any atom is 0.0923 e. The SMILES string of the molecule is CC1(C)CCC[C@@](C)(O)[C@@H]2CC[C@@]3(C)O[C@H]3[C@@H]21. The van der Waals surface area contributed by atoms with Crippen LogP contribution < -0.4 is 0 Å². The van der Waals surface area contributed by atoms with Crippen LogP contribution in [0.1, 0.15) is 59.8 Å². The molecule has 17 heavy (non-hydrogen) atoms. The van der Waals surface area contributed by atoms with E-state index < -0.39 is 5.60 Å². The van der Waals surface area contributed by atoms with E-state index in [1.165, 1.54) is 6.42 Å². The number of hydrogen-bond donors (Lipinski definition) is 1. The van der Waals surface area contributed by atoms with Crippen LogP contribution in [0.2, 0.25) is 0 Å². The van der Waals surface area contributed by atoms with Gasteiger partial charge in [-0.2, -0.15) is 0 Å². The summed E-state index contributed by atoms with van der Waals surface area (Å²) in [4.78, 5) is 0. The van der Waals surface area contributed by atoms with Crippen LogP contribution in [0.25, 0.3) is 0 Å². The van der Waals surface area contributed by atoms with Crippen LogP contribution in [0.5, 0.6) is 0 Å². The first-order valence-electron chi connectivity index (χ1n) is 7.17. The van der Waals surface area contributed by atoms with Gasteiger partial charge in [0.25, 0.3) is 0 Å². The molecule has 98 valence electrons. The van der Waals surface area contributed by atoms with Crippen molar-refractivity contribution < 1.29 is 9.84 Å². The Bertz CT molecular complexity index is 334. The standard InChI is InChI=1S/C15H26O2/c1-13(2)7-5-8-14(3,16)10-6-9-15(4)12(17-15)11(10)13/h10-12,16H,5-9H2,1-4H3/t10-,11-,12+,14-,15-/m1/s1. The first-order chi connectivity index (χ1) is 7.76. The maximum atomic E-state index is 10.7. The lowest BCUT2D eigenvalue weighted by molar-refractivity contribution is -0.0597. The normalized spacial score (nSPS) is 56.6. The zero-order chi connectivity index (χ0) is 12.5. The van der Waals surface area contributed by atoms with Gasteiger partial charge in [-0.3, -0.25) is 0 Å². The van der Waals surface area contributed by atoms with Gasteiger partial charge in [-0.05, 0) is 56.8 Å². The molecule has 0 unspecified atom stereocenters. The van der Waals surface area contributed by atoms with E-state index in [0.717, 1.165) is 25.7 Å². The van der Waals surface area contributed by atoms with Crippen LogP contribution in [0.3, 0.4) is 0 Å². The second-order valence-corrected chi connectivity index (χ2v) is 7.72. The highest BCUT2D eigenvalue weighted by atomic mass is 16.6. The van der Waals surface area contributed by atoms with Crippen LogP contribution in [-0.4, -0.2) is 22.4 Å². The summed E-state index contributed by atoms with van der Waals surface area (Å²) in [5.74, 6) is 0.972. The monoisotopic (exact) mass is 238 g/mol. The van der Waals surface area contributed by atoms with Gasteiger partial charge in [-0.25, -0.2) is 0 Å². The van der Waals surface area contributed by atoms with Crippen molar-refractivity contribution in [3.8, 4) is 0 Å². The Morgan fingerprint density at radius 3 is 2.47 bits per heavy atom. The number of fused-ring (bicyclic) bond motifs is 3. The highest BCUT2D eigenvalue weighted by Crippen LogP contribution is 2.62. The number of aliphatic hydroxyl groups is 1. The molecule has 2 nitrogen and oxygen atoms in total. The molecule has 0 bridgehead atoms. The lowest BCUT2D eigenvalue weighted by atomic mass is 9.60. The van der Waals surface area contributed by atoms with Gasteiger partial charge in [0.05, 0.1) is 17.3 Å². The van der Waals surface area contributed by atoms with E-state index in [1.807, 2.05) is 0 Å². The molecule has 0 aromatic rings. The molecule has 1 aliphatic heterocycles. The molecule has 0 aromatic carbocycles. The first-order valence-corrected chi connectivity index (χ1v) is 7.17. The van der Waals surface area contributed by atoms with E-state index in [4.69, 9.17) is 4.74 Å².